The highest BCUT2D eigenvalue weighted by atomic mass is 35.5. The van der Waals surface area contributed by atoms with Gasteiger partial charge in [0.25, 0.3) is 5.91 Å². The number of aliphatic imine (C=N–C) groups is 1. The van der Waals surface area contributed by atoms with E-state index in [4.69, 9.17) is 16.3 Å². The molecule has 10 heteroatoms. The molecule has 0 radical (unpaired) electrons. The number of hydrogen-bond donors (Lipinski definition) is 2. The summed E-state index contributed by atoms with van der Waals surface area (Å²) in [6.07, 6.45) is 4.67. The fourth-order valence-corrected chi connectivity index (χ4v) is 3.44. The van der Waals surface area contributed by atoms with Crippen LogP contribution >= 0.6 is 11.6 Å². The highest BCUT2D eigenvalue weighted by molar-refractivity contribution is 6.31. The molecule has 2 atom stereocenters. The highest BCUT2D eigenvalue weighted by Crippen LogP contribution is 2.37. The molecule has 2 aliphatic heterocycles. The van der Waals surface area contributed by atoms with Crippen LogP contribution in [0.2, 0.25) is 5.02 Å². The number of rotatable bonds is 5. The maximum atomic E-state index is 12.8. The lowest BCUT2D eigenvalue weighted by molar-refractivity contribution is -0.113. The van der Waals surface area contributed by atoms with Gasteiger partial charge in [-0.05, 0) is 18.2 Å². The first kappa shape index (κ1) is 18.6. The van der Waals surface area contributed by atoms with Crippen LogP contribution in [0.1, 0.15) is 0 Å². The van der Waals surface area contributed by atoms with Gasteiger partial charge in [0.05, 0.1) is 30.8 Å². The summed E-state index contributed by atoms with van der Waals surface area (Å²) in [6.45, 7) is -2.05. The van der Waals surface area contributed by atoms with Crippen molar-refractivity contribution in [3.05, 3.63) is 41.2 Å². The number of halogens is 3. The van der Waals surface area contributed by atoms with Gasteiger partial charge in [0.2, 0.25) is 0 Å². The molecule has 1 amide bonds. The number of amides is 1. The first-order valence-corrected chi connectivity index (χ1v) is 8.81. The SMILES string of the molecule is O=C(Nc1cn[nH]c1-c1cc(Cl)ccc1OC(F)F)C1=CN=CC2COCC12. The highest BCUT2D eigenvalue weighted by Gasteiger charge is 2.35. The zero-order valence-electron chi connectivity index (χ0n) is 14.4. The molecule has 1 saturated heterocycles. The molecule has 1 fully saturated rings. The van der Waals surface area contributed by atoms with E-state index in [1.807, 2.05) is 0 Å². The van der Waals surface area contributed by atoms with Crippen LogP contribution in [-0.2, 0) is 9.53 Å². The first-order valence-electron chi connectivity index (χ1n) is 8.43. The second-order valence-electron chi connectivity index (χ2n) is 6.32. The fraction of sp³-hybridized carbons (Fsp3) is 0.278. The molecular formula is C18H15ClF2N4O3. The largest absolute Gasteiger partial charge is 0.434 e. The lowest BCUT2D eigenvalue weighted by atomic mass is 9.88. The molecule has 4 rings (SSSR count). The Labute approximate surface area is 163 Å². The third kappa shape index (κ3) is 3.63. The number of aromatic amines is 1. The van der Waals surface area contributed by atoms with E-state index in [0.717, 1.165) is 0 Å². The lowest BCUT2D eigenvalue weighted by Gasteiger charge is -2.20. The van der Waals surface area contributed by atoms with Gasteiger partial charge in [0, 0.05) is 40.4 Å². The number of ether oxygens (including phenoxy) is 2. The molecule has 7 nitrogen and oxygen atoms in total. The van der Waals surface area contributed by atoms with E-state index < -0.39 is 6.61 Å². The Morgan fingerprint density at radius 2 is 2.25 bits per heavy atom. The van der Waals surface area contributed by atoms with Crippen molar-refractivity contribution in [2.75, 3.05) is 18.5 Å². The van der Waals surface area contributed by atoms with Gasteiger partial charge in [0.15, 0.2) is 0 Å². The van der Waals surface area contributed by atoms with E-state index in [-0.39, 0.29) is 29.1 Å². The number of carbonyl (C=O) groups is 1. The predicted octanol–water partition coefficient (Wildman–Crippen LogP) is 3.50. The number of nitrogens with zero attached hydrogens (tertiary/aromatic N) is 2. The van der Waals surface area contributed by atoms with E-state index in [2.05, 4.69) is 25.2 Å². The van der Waals surface area contributed by atoms with Crippen LogP contribution in [0.25, 0.3) is 11.3 Å². The summed E-state index contributed by atoms with van der Waals surface area (Å²) in [5.41, 5.74) is 1.34. The number of fused-ring (bicyclic) bond motifs is 1. The second-order valence-corrected chi connectivity index (χ2v) is 6.76. The summed E-state index contributed by atoms with van der Waals surface area (Å²) < 4.78 is 35.5. The van der Waals surface area contributed by atoms with Crippen LogP contribution in [0, 0.1) is 11.8 Å². The minimum Gasteiger partial charge on any atom is -0.434 e. The summed E-state index contributed by atoms with van der Waals surface area (Å²) in [7, 11) is 0. The van der Waals surface area contributed by atoms with E-state index in [1.54, 1.807) is 6.21 Å². The van der Waals surface area contributed by atoms with Crippen LogP contribution < -0.4 is 10.1 Å². The van der Waals surface area contributed by atoms with Crippen LogP contribution in [0.15, 0.2) is 41.2 Å². The van der Waals surface area contributed by atoms with Crippen molar-refractivity contribution >= 4 is 29.4 Å². The number of alkyl halides is 2. The van der Waals surface area contributed by atoms with Crippen molar-refractivity contribution in [1.29, 1.82) is 0 Å². The molecule has 1 aromatic heterocycles. The number of aromatic nitrogens is 2. The average molecular weight is 409 g/mol. The predicted molar refractivity (Wildman–Crippen MR) is 98.7 cm³/mol. The van der Waals surface area contributed by atoms with Gasteiger partial charge < -0.3 is 14.8 Å². The van der Waals surface area contributed by atoms with Gasteiger partial charge in [-0.3, -0.25) is 14.9 Å². The molecule has 1 aromatic carbocycles. The van der Waals surface area contributed by atoms with E-state index in [9.17, 15) is 13.6 Å². The van der Waals surface area contributed by atoms with Crippen molar-refractivity contribution in [1.82, 2.24) is 10.2 Å². The smallest absolute Gasteiger partial charge is 0.387 e. The molecule has 2 N–H and O–H groups in total. The second kappa shape index (κ2) is 7.69. The molecule has 2 aliphatic rings. The number of anilines is 1. The van der Waals surface area contributed by atoms with Gasteiger partial charge >= 0.3 is 6.61 Å². The molecule has 0 aliphatic carbocycles. The Bertz CT molecular complexity index is 960. The average Bonchev–Trinajstić information content (AvgIpc) is 3.31. The molecule has 0 bridgehead atoms. The normalized spacial score (nSPS) is 20.8. The van der Waals surface area contributed by atoms with Gasteiger partial charge in [-0.2, -0.15) is 13.9 Å². The van der Waals surface area contributed by atoms with Gasteiger partial charge in [0.1, 0.15) is 5.75 Å². The Balaban J connectivity index is 1.62. The number of benzene rings is 1. The molecule has 2 unspecified atom stereocenters. The monoisotopic (exact) mass is 408 g/mol. The molecule has 146 valence electrons. The van der Waals surface area contributed by atoms with Crippen molar-refractivity contribution in [3.8, 4) is 17.0 Å². The summed E-state index contributed by atoms with van der Waals surface area (Å²) in [4.78, 5) is 16.9. The van der Waals surface area contributed by atoms with E-state index in [1.165, 1.54) is 30.6 Å². The van der Waals surface area contributed by atoms with Crippen LogP contribution in [0.5, 0.6) is 5.75 Å². The molecule has 0 spiro atoms. The van der Waals surface area contributed by atoms with Gasteiger partial charge in [-0.15, -0.1) is 0 Å². The zero-order chi connectivity index (χ0) is 19.7. The molecule has 0 saturated carbocycles. The lowest BCUT2D eigenvalue weighted by Crippen LogP contribution is -2.27. The number of H-pyrrole nitrogens is 1. The Morgan fingerprint density at radius 1 is 1.39 bits per heavy atom. The maximum absolute atomic E-state index is 12.8. The van der Waals surface area contributed by atoms with Crippen LogP contribution in [0.3, 0.4) is 0 Å². The Morgan fingerprint density at radius 3 is 3.07 bits per heavy atom. The van der Waals surface area contributed by atoms with E-state index in [0.29, 0.717) is 35.2 Å². The molecule has 2 aromatic rings. The van der Waals surface area contributed by atoms with Gasteiger partial charge in [-0.25, -0.2) is 0 Å². The summed E-state index contributed by atoms with van der Waals surface area (Å²) in [5.74, 6) is -0.464. The summed E-state index contributed by atoms with van der Waals surface area (Å²) in [5, 5.41) is 9.68. The van der Waals surface area contributed by atoms with Crippen molar-refractivity contribution in [3.63, 3.8) is 0 Å². The van der Waals surface area contributed by atoms with Crippen molar-refractivity contribution < 1.29 is 23.0 Å². The third-order valence-corrected chi connectivity index (χ3v) is 4.83. The number of carbonyl (C=O) groups excluding carboxylic acids is 1. The molecule has 28 heavy (non-hydrogen) atoms. The molecular weight excluding hydrogens is 394 g/mol. The quantitative estimate of drug-likeness (QED) is 0.792. The van der Waals surface area contributed by atoms with Crippen LogP contribution in [0.4, 0.5) is 14.5 Å². The molecule has 3 heterocycles. The van der Waals surface area contributed by atoms with Crippen molar-refractivity contribution in [2.45, 2.75) is 6.61 Å². The standard InChI is InChI=1S/C18H15ClF2N4O3/c19-10-1-2-15(28-18(20)21)11(3-10)16-14(6-23-25-16)24-17(26)12-5-22-4-9-7-27-8-13(9)12/h1-6,9,13,18H,7-8H2,(H,23,25)(H,24,26). The number of hydrogen-bond acceptors (Lipinski definition) is 5. The first-order chi connectivity index (χ1) is 13.5. The van der Waals surface area contributed by atoms with Gasteiger partial charge in [-0.1, -0.05) is 11.6 Å². The maximum Gasteiger partial charge on any atom is 0.387 e. The third-order valence-electron chi connectivity index (χ3n) is 4.59. The Kier molecular flexibility index (Phi) is 5.10. The topological polar surface area (TPSA) is 88.6 Å². The van der Waals surface area contributed by atoms with E-state index >= 15 is 0 Å². The summed E-state index contributed by atoms with van der Waals surface area (Å²) >= 11 is 6.01. The minimum atomic E-state index is -3.01. The minimum absolute atomic E-state index is 0.0635. The number of nitrogens with one attached hydrogen (secondary N) is 2. The van der Waals surface area contributed by atoms with Crippen molar-refractivity contribution in [2.24, 2.45) is 16.8 Å². The zero-order valence-corrected chi connectivity index (χ0v) is 15.1. The summed E-state index contributed by atoms with van der Waals surface area (Å²) in [6, 6.07) is 4.21. The fourth-order valence-electron chi connectivity index (χ4n) is 3.27. The Hall–Kier alpha value is -2.78. The van der Waals surface area contributed by atoms with Crippen LogP contribution in [-0.4, -0.2) is 42.1 Å².